The van der Waals surface area contributed by atoms with E-state index in [1.165, 1.54) is 11.8 Å². The molecule has 0 aliphatic carbocycles. The number of nitrogens with one attached hydrogen (secondary N) is 1. The molecule has 1 amide bonds. The SMILES string of the molecule is O=C(CSc1nnc(-c2ccccc2)n1-c1ccccc1)N/N=C\C=C/c1ccccc1. The summed E-state index contributed by atoms with van der Waals surface area (Å²) in [5.41, 5.74) is 5.49. The summed E-state index contributed by atoms with van der Waals surface area (Å²) < 4.78 is 1.96. The molecule has 0 aliphatic rings. The molecule has 0 saturated carbocycles. The average Bonchev–Trinajstić information content (AvgIpc) is 3.28. The average molecular weight is 440 g/mol. The van der Waals surface area contributed by atoms with E-state index in [4.69, 9.17) is 0 Å². The standard InChI is InChI=1S/C25H21N5OS/c31-23(27-26-18-10-13-20-11-4-1-5-12-20)19-32-25-29-28-24(21-14-6-2-7-15-21)30(25)22-16-8-3-9-17-22/h1-18H,19H2,(H,27,31)/b13-10-,26-18-. The van der Waals surface area contributed by atoms with Crippen molar-refractivity contribution in [3.8, 4) is 17.1 Å². The van der Waals surface area contributed by atoms with E-state index in [0.717, 1.165) is 22.6 Å². The fourth-order valence-corrected chi connectivity index (χ4v) is 3.72. The molecule has 4 aromatic rings. The molecule has 0 aliphatic heterocycles. The minimum Gasteiger partial charge on any atom is -0.272 e. The summed E-state index contributed by atoms with van der Waals surface area (Å²) in [5, 5.41) is 13.3. The lowest BCUT2D eigenvalue weighted by Crippen LogP contribution is -2.19. The van der Waals surface area contributed by atoms with Crippen molar-refractivity contribution >= 4 is 30.0 Å². The number of amides is 1. The summed E-state index contributed by atoms with van der Waals surface area (Å²) >= 11 is 1.31. The number of aromatic nitrogens is 3. The highest BCUT2D eigenvalue weighted by Crippen LogP contribution is 2.27. The van der Waals surface area contributed by atoms with Crippen LogP contribution in [-0.4, -0.2) is 32.6 Å². The van der Waals surface area contributed by atoms with Crippen LogP contribution in [-0.2, 0) is 4.79 Å². The molecule has 6 nitrogen and oxygen atoms in total. The van der Waals surface area contributed by atoms with Crippen molar-refractivity contribution in [3.05, 3.63) is 103 Å². The lowest BCUT2D eigenvalue weighted by atomic mass is 10.2. The van der Waals surface area contributed by atoms with Gasteiger partial charge in [-0.3, -0.25) is 9.36 Å². The number of rotatable bonds is 8. The quantitative estimate of drug-likeness (QED) is 0.242. The van der Waals surface area contributed by atoms with Gasteiger partial charge in [-0.25, -0.2) is 5.43 Å². The summed E-state index contributed by atoms with van der Waals surface area (Å²) in [6, 6.07) is 29.6. The van der Waals surface area contributed by atoms with Gasteiger partial charge in [0.25, 0.3) is 5.91 Å². The number of benzene rings is 3. The van der Waals surface area contributed by atoms with E-state index >= 15 is 0 Å². The second kappa shape index (κ2) is 10.9. The molecule has 1 N–H and O–H groups in total. The first-order valence-electron chi connectivity index (χ1n) is 10.0. The maximum Gasteiger partial charge on any atom is 0.250 e. The van der Waals surface area contributed by atoms with Gasteiger partial charge in [-0.1, -0.05) is 96.7 Å². The van der Waals surface area contributed by atoms with Gasteiger partial charge in [0, 0.05) is 17.5 Å². The minimum atomic E-state index is -0.219. The van der Waals surface area contributed by atoms with Gasteiger partial charge in [-0.05, 0) is 23.8 Å². The Labute approximate surface area is 190 Å². The zero-order valence-electron chi connectivity index (χ0n) is 17.2. The van der Waals surface area contributed by atoms with Crippen molar-refractivity contribution in [2.45, 2.75) is 5.16 Å². The fraction of sp³-hybridized carbons (Fsp3) is 0.0400. The summed E-state index contributed by atoms with van der Waals surface area (Å²) in [6.07, 6.45) is 5.24. The predicted octanol–water partition coefficient (Wildman–Crippen LogP) is 4.84. The van der Waals surface area contributed by atoms with Crippen LogP contribution in [0.4, 0.5) is 0 Å². The second-order valence-electron chi connectivity index (χ2n) is 6.71. The summed E-state index contributed by atoms with van der Waals surface area (Å²) in [5.74, 6) is 0.673. The number of hydrogen-bond donors (Lipinski definition) is 1. The minimum absolute atomic E-state index is 0.166. The van der Waals surface area contributed by atoms with Crippen molar-refractivity contribution in [3.63, 3.8) is 0 Å². The molecule has 158 valence electrons. The molecule has 4 rings (SSSR count). The normalized spacial score (nSPS) is 11.2. The van der Waals surface area contributed by atoms with Crippen molar-refractivity contribution in [1.29, 1.82) is 0 Å². The van der Waals surface area contributed by atoms with Crippen LogP contribution < -0.4 is 5.43 Å². The van der Waals surface area contributed by atoms with E-state index in [9.17, 15) is 4.79 Å². The zero-order valence-corrected chi connectivity index (χ0v) is 18.0. The predicted molar refractivity (Wildman–Crippen MR) is 130 cm³/mol. The van der Waals surface area contributed by atoms with E-state index in [1.54, 1.807) is 12.3 Å². The maximum absolute atomic E-state index is 12.2. The topological polar surface area (TPSA) is 72.2 Å². The Bertz CT molecular complexity index is 1210. The van der Waals surface area contributed by atoms with Gasteiger partial charge in [-0.2, -0.15) is 5.10 Å². The Morgan fingerprint density at radius 2 is 1.56 bits per heavy atom. The molecular formula is C25H21N5OS. The molecule has 32 heavy (non-hydrogen) atoms. The van der Waals surface area contributed by atoms with Crippen LogP contribution >= 0.6 is 11.8 Å². The van der Waals surface area contributed by atoms with Crippen molar-refractivity contribution in [1.82, 2.24) is 20.2 Å². The van der Waals surface area contributed by atoms with Crippen molar-refractivity contribution < 1.29 is 4.79 Å². The molecule has 7 heteroatoms. The van der Waals surface area contributed by atoms with Crippen LogP contribution in [0.3, 0.4) is 0 Å². The first-order chi connectivity index (χ1) is 15.8. The monoisotopic (exact) mass is 439 g/mol. The molecule has 0 bridgehead atoms. The Hall–Kier alpha value is -3.97. The summed E-state index contributed by atoms with van der Waals surface area (Å²) in [6.45, 7) is 0. The van der Waals surface area contributed by atoms with Crippen LogP contribution in [0, 0.1) is 0 Å². The highest BCUT2D eigenvalue weighted by molar-refractivity contribution is 7.99. The van der Waals surface area contributed by atoms with E-state index in [2.05, 4.69) is 20.7 Å². The van der Waals surface area contributed by atoms with Crippen LogP contribution in [0.1, 0.15) is 5.56 Å². The molecule has 0 radical (unpaired) electrons. The number of thioether (sulfide) groups is 1. The Kier molecular flexibility index (Phi) is 7.23. The van der Waals surface area contributed by atoms with Gasteiger partial charge in [0.15, 0.2) is 11.0 Å². The summed E-state index contributed by atoms with van der Waals surface area (Å²) in [7, 11) is 0. The molecule has 1 aromatic heterocycles. The molecule has 0 spiro atoms. The zero-order chi connectivity index (χ0) is 22.0. The Balaban J connectivity index is 1.42. The summed E-state index contributed by atoms with van der Waals surface area (Å²) in [4.78, 5) is 12.2. The Morgan fingerprint density at radius 1 is 0.906 bits per heavy atom. The number of carbonyl (C=O) groups is 1. The first kappa shape index (κ1) is 21.3. The molecule has 0 unspecified atom stereocenters. The fourth-order valence-electron chi connectivity index (χ4n) is 2.98. The number of hydrogen-bond acceptors (Lipinski definition) is 5. The number of nitrogens with zero attached hydrogens (tertiary/aromatic N) is 4. The second-order valence-corrected chi connectivity index (χ2v) is 7.66. The molecule has 1 heterocycles. The lowest BCUT2D eigenvalue weighted by molar-refractivity contribution is -0.118. The van der Waals surface area contributed by atoms with Gasteiger partial charge in [0.2, 0.25) is 0 Å². The third kappa shape index (κ3) is 5.59. The van der Waals surface area contributed by atoms with E-state index in [-0.39, 0.29) is 11.7 Å². The Morgan fingerprint density at radius 3 is 2.28 bits per heavy atom. The van der Waals surface area contributed by atoms with Crippen LogP contribution in [0.5, 0.6) is 0 Å². The van der Waals surface area contributed by atoms with E-state index in [0.29, 0.717) is 5.16 Å². The lowest BCUT2D eigenvalue weighted by Gasteiger charge is -2.10. The number of hydrazone groups is 1. The number of carbonyl (C=O) groups excluding carboxylic acids is 1. The molecular weight excluding hydrogens is 418 g/mol. The molecule has 0 saturated heterocycles. The highest BCUT2D eigenvalue weighted by Gasteiger charge is 2.16. The molecule has 3 aromatic carbocycles. The van der Waals surface area contributed by atoms with E-state index in [1.807, 2.05) is 102 Å². The number of allylic oxidation sites excluding steroid dienone is 1. The van der Waals surface area contributed by atoms with Crippen molar-refractivity contribution in [2.75, 3.05) is 5.75 Å². The van der Waals surface area contributed by atoms with E-state index < -0.39 is 0 Å². The van der Waals surface area contributed by atoms with Gasteiger partial charge in [0.1, 0.15) is 0 Å². The van der Waals surface area contributed by atoms with Crippen molar-refractivity contribution in [2.24, 2.45) is 5.10 Å². The largest absolute Gasteiger partial charge is 0.272 e. The van der Waals surface area contributed by atoms with Gasteiger partial charge >= 0.3 is 0 Å². The van der Waals surface area contributed by atoms with Crippen LogP contribution in [0.2, 0.25) is 0 Å². The smallest absolute Gasteiger partial charge is 0.250 e. The van der Waals surface area contributed by atoms with Crippen LogP contribution in [0.25, 0.3) is 23.2 Å². The molecule has 0 atom stereocenters. The third-order valence-corrected chi connectivity index (χ3v) is 5.38. The van der Waals surface area contributed by atoms with Gasteiger partial charge in [0.05, 0.1) is 5.75 Å². The third-order valence-electron chi connectivity index (χ3n) is 4.45. The molecule has 0 fully saturated rings. The van der Waals surface area contributed by atoms with Gasteiger partial charge in [-0.15, -0.1) is 10.2 Å². The first-order valence-corrected chi connectivity index (χ1v) is 11.0. The maximum atomic E-state index is 12.2. The number of para-hydroxylation sites is 1. The highest BCUT2D eigenvalue weighted by atomic mass is 32.2. The van der Waals surface area contributed by atoms with Crippen LogP contribution in [0.15, 0.2) is 107 Å². The van der Waals surface area contributed by atoms with Gasteiger partial charge < -0.3 is 0 Å².